The molecule has 0 aromatic rings. The summed E-state index contributed by atoms with van der Waals surface area (Å²) in [4.78, 5) is 14.7. The molecule has 0 spiro atoms. The van der Waals surface area contributed by atoms with Gasteiger partial charge in [0.05, 0.1) is 6.10 Å². The first kappa shape index (κ1) is 46.9. The monoisotopic (exact) mass is 676 g/mol. The van der Waals surface area contributed by atoms with Crippen LogP contribution < -0.4 is 0 Å². The summed E-state index contributed by atoms with van der Waals surface area (Å²) in [6.45, 7) is 8.10. The number of hydrogen-bond acceptors (Lipinski definition) is 3. The van der Waals surface area contributed by atoms with E-state index in [1.807, 2.05) is 14.1 Å². The average molecular weight is 676 g/mol. The molecule has 0 N–H and O–H groups in total. The molecular formula is C44H85NO3. The summed E-state index contributed by atoms with van der Waals surface area (Å²) in [5.41, 5.74) is 0. The number of rotatable bonds is 38. The number of unbranched alkanes of at least 4 members (excludes halogenated alkanes) is 24. The highest BCUT2D eigenvalue weighted by molar-refractivity contribution is 5.81. The van der Waals surface area contributed by atoms with E-state index in [-0.39, 0.29) is 12.0 Å². The van der Waals surface area contributed by atoms with Gasteiger partial charge in [0, 0.05) is 27.3 Å². The number of nitrogens with zero attached hydrogens (tertiary/aromatic N) is 1. The van der Waals surface area contributed by atoms with Crippen LogP contribution in [0.3, 0.4) is 0 Å². The normalized spacial score (nSPS) is 13.2. The fourth-order valence-corrected chi connectivity index (χ4v) is 6.34. The van der Waals surface area contributed by atoms with Crippen LogP contribution in [0, 0.1) is 0 Å². The van der Waals surface area contributed by atoms with Gasteiger partial charge in [-0.05, 0) is 70.6 Å². The molecule has 0 heterocycles. The first-order chi connectivity index (χ1) is 23.6. The smallest absolute Gasteiger partial charge is 0.253 e. The van der Waals surface area contributed by atoms with Crippen molar-refractivity contribution >= 4 is 5.91 Å². The summed E-state index contributed by atoms with van der Waals surface area (Å²) in [6, 6.07) is 0. The van der Waals surface area contributed by atoms with Crippen LogP contribution in [-0.2, 0) is 14.3 Å². The van der Waals surface area contributed by atoms with Crippen LogP contribution in [0.1, 0.15) is 213 Å². The lowest BCUT2D eigenvalue weighted by molar-refractivity contribution is -0.154. The molecule has 0 radical (unpaired) electrons. The van der Waals surface area contributed by atoms with Gasteiger partial charge < -0.3 is 14.4 Å². The van der Waals surface area contributed by atoms with Gasteiger partial charge in [0.2, 0.25) is 0 Å². The molecule has 284 valence electrons. The molecule has 0 aromatic heterocycles. The number of ether oxygens (including phenoxy) is 2. The SMILES string of the molecule is CCCCCCCC/C=C\CCCCCCCCOC(CCC)C(OCCCCCCCC/C=C\CCCCCCCC)C(=O)N(C)C. The van der Waals surface area contributed by atoms with E-state index < -0.39 is 6.10 Å². The van der Waals surface area contributed by atoms with Crippen molar-refractivity contribution in [1.29, 1.82) is 0 Å². The van der Waals surface area contributed by atoms with Crippen LogP contribution in [0.4, 0.5) is 0 Å². The largest absolute Gasteiger partial charge is 0.375 e. The van der Waals surface area contributed by atoms with Crippen molar-refractivity contribution in [2.45, 2.75) is 226 Å². The minimum atomic E-state index is -0.489. The first-order valence-corrected chi connectivity index (χ1v) is 21.3. The average Bonchev–Trinajstić information content (AvgIpc) is 3.08. The molecule has 48 heavy (non-hydrogen) atoms. The second-order valence-electron chi connectivity index (χ2n) is 14.6. The molecule has 2 unspecified atom stereocenters. The van der Waals surface area contributed by atoms with E-state index in [0.29, 0.717) is 6.61 Å². The maximum Gasteiger partial charge on any atom is 0.253 e. The molecule has 0 saturated heterocycles. The maximum atomic E-state index is 13.1. The summed E-state index contributed by atoms with van der Waals surface area (Å²) in [5.74, 6) is 0.0408. The van der Waals surface area contributed by atoms with Crippen molar-refractivity contribution in [2.24, 2.45) is 0 Å². The molecule has 0 bridgehead atoms. The van der Waals surface area contributed by atoms with E-state index in [4.69, 9.17) is 9.47 Å². The van der Waals surface area contributed by atoms with Crippen molar-refractivity contribution in [3.8, 4) is 0 Å². The van der Waals surface area contributed by atoms with Gasteiger partial charge in [-0.3, -0.25) is 4.79 Å². The Labute approximate surface area is 301 Å². The van der Waals surface area contributed by atoms with E-state index in [2.05, 4.69) is 45.1 Å². The Balaban J connectivity index is 4.00. The first-order valence-electron chi connectivity index (χ1n) is 21.3. The van der Waals surface area contributed by atoms with Gasteiger partial charge in [0.1, 0.15) is 0 Å². The minimum absolute atomic E-state index is 0.0408. The van der Waals surface area contributed by atoms with E-state index in [9.17, 15) is 4.79 Å². The molecule has 2 atom stereocenters. The lowest BCUT2D eigenvalue weighted by Crippen LogP contribution is -2.45. The number of carbonyl (C=O) groups excluding carboxylic acids is 1. The second-order valence-corrected chi connectivity index (χ2v) is 14.6. The predicted molar refractivity (Wildman–Crippen MR) is 212 cm³/mol. The highest BCUT2D eigenvalue weighted by atomic mass is 16.5. The molecule has 0 aliphatic heterocycles. The van der Waals surface area contributed by atoms with Gasteiger partial charge in [-0.1, -0.05) is 167 Å². The van der Waals surface area contributed by atoms with E-state index >= 15 is 0 Å². The van der Waals surface area contributed by atoms with E-state index in [1.54, 1.807) is 4.90 Å². The zero-order valence-corrected chi connectivity index (χ0v) is 33.3. The number of hydrogen-bond donors (Lipinski definition) is 0. The Bertz CT molecular complexity index is 703. The van der Waals surface area contributed by atoms with Crippen molar-refractivity contribution in [2.75, 3.05) is 27.3 Å². The lowest BCUT2D eigenvalue weighted by Gasteiger charge is -2.28. The van der Waals surface area contributed by atoms with Crippen molar-refractivity contribution < 1.29 is 14.3 Å². The third-order valence-electron chi connectivity index (χ3n) is 9.54. The molecular weight excluding hydrogens is 590 g/mol. The Hall–Kier alpha value is -1.13. The van der Waals surface area contributed by atoms with Crippen LogP contribution >= 0.6 is 0 Å². The zero-order chi connectivity index (χ0) is 35.2. The number of likely N-dealkylation sites (N-methyl/N-ethyl adjacent to an activating group) is 1. The van der Waals surface area contributed by atoms with Gasteiger partial charge in [0.25, 0.3) is 5.91 Å². The Kier molecular flexibility index (Phi) is 37.8. The van der Waals surface area contributed by atoms with Gasteiger partial charge >= 0.3 is 0 Å². The Morgan fingerprint density at radius 3 is 1.15 bits per heavy atom. The topological polar surface area (TPSA) is 38.8 Å². The van der Waals surface area contributed by atoms with Crippen LogP contribution in [0.25, 0.3) is 0 Å². The van der Waals surface area contributed by atoms with E-state index in [1.165, 1.54) is 167 Å². The maximum absolute atomic E-state index is 13.1. The Morgan fingerprint density at radius 2 is 0.792 bits per heavy atom. The summed E-state index contributed by atoms with van der Waals surface area (Å²) in [7, 11) is 3.66. The van der Waals surface area contributed by atoms with Crippen molar-refractivity contribution in [3.05, 3.63) is 24.3 Å². The second kappa shape index (κ2) is 38.7. The zero-order valence-electron chi connectivity index (χ0n) is 33.3. The highest BCUT2D eigenvalue weighted by Gasteiger charge is 2.30. The quantitative estimate of drug-likeness (QED) is 0.0483. The van der Waals surface area contributed by atoms with Crippen LogP contribution in [0.2, 0.25) is 0 Å². The van der Waals surface area contributed by atoms with Gasteiger partial charge in [-0.15, -0.1) is 0 Å². The third kappa shape index (κ3) is 32.1. The molecule has 4 nitrogen and oxygen atoms in total. The van der Waals surface area contributed by atoms with Crippen LogP contribution in [0.5, 0.6) is 0 Å². The summed E-state index contributed by atoms with van der Waals surface area (Å²) in [6.07, 6.45) is 47.2. The van der Waals surface area contributed by atoms with Crippen LogP contribution in [0.15, 0.2) is 24.3 Å². The molecule has 4 heteroatoms. The summed E-state index contributed by atoms with van der Waals surface area (Å²) >= 11 is 0. The Morgan fingerprint density at radius 1 is 0.458 bits per heavy atom. The molecule has 0 aliphatic rings. The molecule has 1 amide bonds. The standard InChI is InChI=1S/C44H85NO3/c1-6-9-11-13-15-17-19-21-23-25-27-29-31-33-35-37-40-47-42(39-8-3)43(44(46)45(4)5)48-41-38-36-34-32-30-28-26-24-22-20-18-16-14-12-10-7-2/h21-24,42-43H,6-20,25-41H2,1-5H3/b23-21-,24-22-. The number of allylic oxidation sites excluding steroid dienone is 4. The minimum Gasteiger partial charge on any atom is -0.375 e. The number of carbonyl (C=O) groups is 1. The molecule has 0 aromatic carbocycles. The highest BCUT2D eigenvalue weighted by Crippen LogP contribution is 2.17. The fraction of sp³-hybridized carbons (Fsp3) is 0.886. The third-order valence-corrected chi connectivity index (χ3v) is 9.54. The van der Waals surface area contributed by atoms with Crippen LogP contribution in [-0.4, -0.2) is 50.3 Å². The molecule has 0 aliphatic carbocycles. The fourth-order valence-electron chi connectivity index (χ4n) is 6.34. The molecule has 0 fully saturated rings. The molecule has 0 saturated carbocycles. The van der Waals surface area contributed by atoms with Gasteiger partial charge in [-0.25, -0.2) is 0 Å². The molecule has 0 rings (SSSR count). The van der Waals surface area contributed by atoms with E-state index in [0.717, 1.165) is 32.3 Å². The number of amides is 1. The lowest BCUT2D eigenvalue weighted by atomic mass is 10.1. The van der Waals surface area contributed by atoms with Gasteiger partial charge in [0.15, 0.2) is 6.10 Å². The van der Waals surface area contributed by atoms with Gasteiger partial charge in [-0.2, -0.15) is 0 Å². The van der Waals surface area contributed by atoms with Crippen molar-refractivity contribution in [1.82, 2.24) is 4.90 Å². The van der Waals surface area contributed by atoms with Crippen molar-refractivity contribution in [3.63, 3.8) is 0 Å². The summed E-state index contributed by atoms with van der Waals surface area (Å²) in [5, 5.41) is 0. The predicted octanol–water partition coefficient (Wildman–Crippen LogP) is 13.7. The summed E-state index contributed by atoms with van der Waals surface area (Å²) < 4.78 is 12.6.